The second kappa shape index (κ2) is 6.13. The third kappa shape index (κ3) is 5.15. The maximum Gasteiger partial charge on any atom is 0.118 e. The van der Waals surface area contributed by atoms with Crippen LogP contribution in [0, 0.1) is 11.3 Å². The summed E-state index contributed by atoms with van der Waals surface area (Å²) in [5.74, 6) is 1.89. The van der Waals surface area contributed by atoms with E-state index in [1.54, 1.807) is 0 Å². The summed E-state index contributed by atoms with van der Waals surface area (Å²) >= 11 is 0. The van der Waals surface area contributed by atoms with E-state index in [-0.39, 0.29) is 5.54 Å². The molecule has 1 aliphatic rings. The zero-order valence-corrected chi connectivity index (χ0v) is 14.6. The van der Waals surface area contributed by atoms with Gasteiger partial charge in [0.1, 0.15) is 5.76 Å². The van der Waals surface area contributed by atoms with Crippen LogP contribution in [0.25, 0.3) is 0 Å². The largest absolute Gasteiger partial charge is 0.468 e. The molecule has 0 spiro atoms. The van der Waals surface area contributed by atoms with Crippen molar-refractivity contribution in [2.24, 2.45) is 11.3 Å². The molecule has 3 heteroatoms. The summed E-state index contributed by atoms with van der Waals surface area (Å²) in [6.07, 6.45) is 3.20. The Hall–Kier alpha value is -0.800. The standard InChI is InChI=1S/C18H32N2O/c1-17(2,3)15-7-8-20(11-15)12-16-9-14(13-21-16)10-19-18(4,5)6/h9,13,15,19H,7-8,10-12H2,1-6H3. The summed E-state index contributed by atoms with van der Waals surface area (Å²) in [4.78, 5) is 2.52. The van der Waals surface area contributed by atoms with Crippen molar-refractivity contribution in [3.63, 3.8) is 0 Å². The number of hydrogen-bond donors (Lipinski definition) is 1. The van der Waals surface area contributed by atoms with Crippen molar-refractivity contribution >= 4 is 0 Å². The maximum atomic E-state index is 5.73. The molecule has 2 rings (SSSR count). The highest BCUT2D eigenvalue weighted by atomic mass is 16.3. The van der Waals surface area contributed by atoms with Gasteiger partial charge in [-0.25, -0.2) is 0 Å². The van der Waals surface area contributed by atoms with Crippen LogP contribution in [-0.4, -0.2) is 23.5 Å². The van der Waals surface area contributed by atoms with Crippen LogP contribution >= 0.6 is 0 Å². The number of furan rings is 1. The van der Waals surface area contributed by atoms with Crippen molar-refractivity contribution in [1.29, 1.82) is 0 Å². The molecule has 0 amide bonds. The molecule has 3 nitrogen and oxygen atoms in total. The second-order valence-electron chi connectivity index (χ2n) is 8.61. The molecule has 2 heterocycles. The summed E-state index contributed by atoms with van der Waals surface area (Å²) in [5.41, 5.74) is 1.80. The van der Waals surface area contributed by atoms with Gasteiger partial charge in [-0.2, -0.15) is 0 Å². The van der Waals surface area contributed by atoms with E-state index in [9.17, 15) is 0 Å². The quantitative estimate of drug-likeness (QED) is 0.908. The van der Waals surface area contributed by atoms with Gasteiger partial charge in [0.25, 0.3) is 0 Å². The SMILES string of the molecule is CC(C)(C)NCc1coc(CN2CCC(C(C)(C)C)C2)c1. The van der Waals surface area contributed by atoms with Gasteiger partial charge in [0, 0.05) is 24.2 Å². The van der Waals surface area contributed by atoms with E-state index >= 15 is 0 Å². The van der Waals surface area contributed by atoms with Crippen LogP contribution < -0.4 is 5.32 Å². The molecule has 21 heavy (non-hydrogen) atoms. The Balaban J connectivity index is 1.83. The first-order valence-corrected chi connectivity index (χ1v) is 8.17. The normalized spacial score (nSPS) is 21.1. The summed E-state index contributed by atoms with van der Waals surface area (Å²) in [7, 11) is 0. The Kier molecular flexibility index (Phi) is 4.84. The Labute approximate surface area is 130 Å². The Morgan fingerprint density at radius 1 is 1.24 bits per heavy atom. The van der Waals surface area contributed by atoms with Crippen LogP contribution in [0.1, 0.15) is 59.3 Å². The average molecular weight is 292 g/mol. The van der Waals surface area contributed by atoms with E-state index in [1.807, 2.05) is 6.26 Å². The fraction of sp³-hybridized carbons (Fsp3) is 0.778. The van der Waals surface area contributed by atoms with Gasteiger partial charge in [0.2, 0.25) is 0 Å². The molecule has 1 saturated heterocycles. The lowest BCUT2D eigenvalue weighted by Crippen LogP contribution is -2.34. The second-order valence-corrected chi connectivity index (χ2v) is 8.61. The lowest BCUT2D eigenvalue weighted by atomic mass is 9.80. The van der Waals surface area contributed by atoms with E-state index in [0.29, 0.717) is 5.41 Å². The fourth-order valence-electron chi connectivity index (χ4n) is 2.87. The van der Waals surface area contributed by atoms with Crippen molar-refractivity contribution in [3.8, 4) is 0 Å². The molecule has 0 saturated carbocycles. The monoisotopic (exact) mass is 292 g/mol. The molecule has 0 aromatic carbocycles. The lowest BCUT2D eigenvalue weighted by molar-refractivity contribution is 0.219. The van der Waals surface area contributed by atoms with Gasteiger partial charge in [-0.15, -0.1) is 0 Å². The predicted octanol–water partition coefficient (Wildman–Crippen LogP) is 4.04. The third-order valence-corrected chi connectivity index (χ3v) is 4.41. The van der Waals surface area contributed by atoms with Gasteiger partial charge < -0.3 is 9.73 Å². The van der Waals surface area contributed by atoms with Crippen LogP contribution in [-0.2, 0) is 13.1 Å². The van der Waals surface area contributed by atoms with Crippen LogP contribution in [0.3, 0.4) is 0 Å². The number of nitrogens with one attached hydrogen (secondary N) is 1. The van der Waals surface area contributed by atoms with Crippen LogP contribution in [0.15, 0.2) is 16.7 Å². The van der Waals surface area contributed by atoms with Gasteiger partial charge in [0.15, 0.2) is 0 Å². The van der Waals surface area contributed by atoms with Gasteiger partial charge in [-0.3, -0.25) is 4.90 Å². The molecule has 1 aromatic rings. The first-order chi connectivity index (χ1) is 9.63. The van der Waals surface area contributed by atoms with E-state index in [1.165, 1.54) is 25.1 Å². The molecule has 0 radical (unpaired) electrons. The van der Waals surface area contributed by atoms with Gasteiger partial charge in [0.05, 0.1) is 12.8 Å². The molecule has 0 bridgehead atoms. The highest BCUT2D eigenvalue weighted by molar-refractivity contribution is 5.13. The zero-order chi connectivity index (χ0) is 15.7. The summed E-state index contributed by atoms with van der Waals surface area (Å²) in [6.45, 7) is 17.8. The zero-order valence-electron chi connectivity index (χ0n) is 14.6. The smallest absolute Gasteiger partial charge is 0.118 e. The van der Waals surface area contributed by atoms with Crippen LogP contribution in [0.5, 0.6) is 0 Å². The molecule has 1 fully saturated rings. The topological polar surface area (TPSA) is 28.4 Å². The summed E-state index contributed by atoms with van der Waals surface area (Å²) in [6, 6.07) is 2.20. The lowest BCUT2D eigenvalue weighted by Gasteiger charge is -2.26. The summed E-state index contributed by atoms with van der Waals surface area (Å²) < 4.78 is 5.73. The van der Waals surface area contributed by atoms with E-state index in [2.05, 4.69) is 57.8 Å². The van der Waals surface area contributed by atoms with Crippen molar-refractivity contribution in [1.82, 2.24) is 10.2 Å². The molecule has 1 atom stereocenters. The first-order valence-electron chi connectivity index (χ1n) is 8.17. The number of hydrogen-bond acceptors (Lipinski definition) is 3. The summed E-state index contributed by atoms with van der Waals surface area (Å²) in [5, 5.41) is 3.50. The van der Waals surface area contributed by atoms with E-state index in [4.69, 9.17) is 4.42 Å². The molecule has 0 aliphatic carbocycles. The van der Waals surface area contributed by atoms with Crippen LogP contribution in [0.4, 0.5) is 0 Å². The molecule has 1 N–H and O–H groups in total. The van der Waals surface area contributed by atoms with Crippen molar-refractivity contribution < 1.29 is 4.42 Å². The highest BCUT2D eigenvalue weighted by Gasteiger charge is 2.31. The molecule has 120 valence electrons. The van der Waals surface area contributed by atoms with Gasteiger partial charge in [-0.05, 0) is 51.1 Å². The Morgan fingerprint density at radius 2 is 1.95 bits per heavy atom. The number of likely N-dealkylation sites (tertiary alicyclic amines) is 1. The molecule has 1 unspecified atom stereocenters. The average Bonchev–Trinajstić information content (AvgIpc) is 2.94. The minimum absolute atomic E-state index is 0.145. The highest BCUT2D eigenvalue weighted by Crippen LogP contribution is 2.34. The number of rotatable bonds is 4. The van der Waals surface area contributed by atoms with Gasteiger partial charge >= 0.3 is 0 Å². The van der Waals surface area contributed by atoms with E-state index in [0.717, 1.165) is 24.8 Å². The minimum Gasteiger partial charge on any atom is -0.468 e. The van der Waals surface area contributed by atoms with Crippen molar-refractivity contribution in [2.45, 2.75) is 66.6 Å². The predicted molar refractivity (Wildman–Crippen MR) is 88.1 cm³/mol. The Bertz CT molecular complexity index is 451. The first kappa shape index (κ1) is 16.6. The van der Waals surface area contributed by atoms with Crippen LogP contribution in [0.2, 0.25) is 0 Å². The van der Waals surface area contributed by atoms with Crippen molar-refractivity contribution in [3.05, 3.63) is 23.7 Å². The number of nitrogens with zero attached hydrogens (tertiary/aromatic N) is 1. The maximum absolute atomic E-state index is 5.73. The van der Waals surface area contributed by atoms with Crippen molar-refractivity contribution in [2.75, 3.05) is 13.1 Å². The molecule has 1 aliphatic heterocycles. The fourth-order valence-corrected chi connectivity index (χ4v) is 2.87. The molecular formula is C18H32N2O. The van der Waals surface area contributed by atoms with Gasteiger partial charge in [-0.1, -0.05) is 20.8 Å². The minimum atomic E-state index is 0.145. The van der Waals surface area contributed by atoms with E-state index < -0.39 is 0 Å². The Morgan fingerprint density at radius 3 is 2.52 bits per heavy atom. The molecule has 1 aromatic heterocycles. The molecular weight excluding hydrogens is 260 g/mol. The third-order valence-electron chi connectivity index (χ3n) is 4.41.